The van der Waals surface area contributed by atoms with Crippen molar-refractivity contribution in [2.24, 2.45) is 0 Å². The molecule has 0 saturated heterocycles. The van der Waals surface area contributed by atoms with Crippen molar-refractivity contribution in [2.45, 2.75) is 82.7 Å². The Hall–Kier alpha value is -2.71. The minimum atomic E-state index is -2.02. The van der Waals surface area contributed by atoms with Crippen LogP contribution >= 0.6 is 0 Å². The van der Waals surface area contributed by atoms with Gasteiger partial charge in [-0.15, -0.1) is 0 Å². The topological polar surface area (TPSA) is 86.8 Å². The highest BCUT2D eigenvalue weighted by Crippen LogP contribution is 2.40. The Kier molecular flexibility index (Phi) is 8.62. The number of hydrogen-bond acceptors (Lipinski definition) is 6. The van der Waals surface area contributed by atoms with Crippen molar-refractivity contribution in [3.8, 4) is 5.75 Å². The van der Waals surface area contributed by atoms with Crippen molar-refractivity contribution in [2.75, 3.05) is 14.2 Å². The van der Waals surface area contributed by atoms with E-state index in [-0.39, 0.29) is 22.6 Å². The largest absolute Gasteiger partial charge is 0.497 e. The highest BCUT2D eigenvalue weighted by Gasteiger charge is 2.46. The number of rotatable bonds is 8. The van der Waals surface area contributed by atoms with E-state index in [1.165, 1.54) is 7.11 Å². The standard InChI is InChI=1S/C28H40N2O5Si/c1-27(2,3)36(6,7)35-19-22-11-9-17-29-24(22)25(31)30-28(26(32)34-5)16-8-10-21(18-28)20-12-14-23(33-4)15-13-20/h9,11-15,17,21H,8,10,16,18-19H2,1-7H3,(H,30,31). The fourth-order valence-corrected chi connectivity index (χ4v) is 5.44. The molecule has 1 saturated carbocycles. The van der Waals surface area contributed by atoms with E-state index in [0.717, 1.165) is 24.2 Å². The highest BCUT2D eigenvalue weighted by molar-refractivity contribution is 6.74. The maximum absolute atomic E-state index is 13.6. The van der Waals surface area contributed by atoms with Crippen molar-refractivity contribution in [1.29, 1.82) is 0 Å². The molecule has 3 rings (SSSR count). The summed E-state index contributed by atoms with van der Waals surface area (Å²) in [7, 11) is 0.981. The average Bonchev–Trinajstić information content (AvgIpc) is 2.86. The summed E-state index contributed by atoms with van der Waals surface area (Å²) in [5.41, 5.74) is 0.983. The summed E-state index contributed by atoms with van der Waals surface area (Å²) in [6, 6.07) is 11.6. The van der Waals surface area contributed by atoms with E-state index in [0.29, 0.717) is 25.0 Å². The van der Waals surface area contributed by atoms with Gasteiger partial charge in [0.1, 0.15) is 17.0 Å². The molecule has 2 atom stereocenters. The molecule has 1 fully saturated rings. The van der Waals surface area contributed by atoms with Crippen LogP contribution in [0.1, 0.15) is 74.0 Å². The SMILES string of the molecule is COC(=O)C1(NC(=O)c2ncccc2CO[Si](C)(C)C(C)(C)C)CCCC(c2ccc(OC)cc2)C1. The summed E-state index contributed by atoms with van der Waals surface area (Å²) in [5.74, 6) is 0.0770. The van der Waals surface area contributed by atoms with Crippen LogP contribution in [0.25, 0.3) is 0 Å². The molecule has 1 heterocycles. The van der Waals surface area contributed by atoms with Gasteiger partial charge in [0.05, 0.1) is 20.8 Å². The summed E-state index contributed by atoms with van der Waals surface area (Å²) in [6.07, 6.45) is 4.28. The molecule has 196 valence electrons. The molecule has 0 spiro atoms. The molecule has 7 nitrogen and oxygen atoms in total. The zero-order valence-electron chi connectivity index (χ0n) is 22.6. The van der Waals surface area contributed by atoms with Crippen molar-refractivity contribution >= 4 is 20.2 Å². The Bertz CT molecular complexity index is 1060. The third kappa shape index (κ3) is 6.15. The number of aromatic nitrogens is 1. The lowest BCUT2D eigenvalue weighted by Gasteiger charge is -2.39. The smallest absolute Gasteiger partial charge is 0.331 e. The van der Waals surface area contributed by atoms with Crippen LogP contribution in [0.5, 0.6) is 5.75 Å². The number of ether oxygens (including phenoxy) is 2. The van der Waals surface area contributed by atoms with E-state index in [4.69, 9.17) is 13.9 Å². The number of nitrogens with one attached hydrogen (secondary N) is 1. The van der Waals surface area contributed by atoms with Gasteiger partial charge in [0.25, 0.3) is 5.91 Å². The average molecular weight is 513 g/mol. The van der Waals surface area contributed by atoms with Crippen LogP contribution in [0.4, 0.5) is 0 Å². The molecule has 1 N–H and O–H groups in total. The van der Waals surface area contributed by atoms with E-state index in [2.05, 4.69) is 44.2 Å². The van der Waals surface area contributed by atoms with Crippen molar-refractivity contribution in [3.05, 3.63) is 59.4 Å². The predicted octanol–water partition coefficient (Wildman–Crippen LogP) is 5.61. The minimum absolute atomic E-state index is 0.0468. The fourth-order valence-electron chi connectivity index (χ4n) is 4.49. The monoisotopic (exact) mass is 512 g/mol. The number of carbonyl (C=O) groups is 2. The van der Waals surface area contributed by atoms with E-state index < -0.39 is 19.8 Å². The van der Waals surface area contributed by atoms with Crippen LogP contribution in [-0.4, -0.2) is 44.9 Å². The van der Waals surface area contributed by atoms with Crippen LogP contribution in [0.15, 0.2) is 42.6 Å². The summed E-state index contributed by atoms with van der Waals surface area (Å²) < 4.78 is 16.8. The van der Waals surface area contributed by atoms with Gasteiger partial charge in [-0.3, -0.25) is 9.78 Å². The van der Waals surface area contributed by atoms with Crippen molar-refractivity contribution in [3.63, 3.8) is 0 Å². The molecule has 1 amide bonds. The molecule has 1 aliphatic rings. The summed E-state index contributed by atoms with van der Waals surface area (Å²) in [5, 5.41) is 3.09. The molecule has 8 heteroatoms. The Morgan fingerprint density at radius 1 is 1.14 bits per heavy atom. The summed E-state index contributed by atoms with van der Waals surface area (Å²) in [6.45, 7) is 11.2. The van der Waals surface area contributed by atoms with E-state index in [9.17, 15) is 9.59 Å². The molecule has 2 unspecified atom stereocenters. The second-order valence-electron chi connectivity index (χ2n) is 11.2. The maximum atomic E-state index is 13.6. The molecule has 1 aromatic heterocycles. The Morgan fingerprint density at radius 2 is 1.83 bits per heavy atom. The quantitative estimate of drug-likeness (QED) is 0.365. The van der Waals surface area contributed by atoms with Gasteiger partial charge in [0, 0.05) is 11.8 Å². The lowest BCUT2D eigenvalue weighted by Crippen LogP contribution is -2.57. The Labute approximate surface area is 216 Å². The number of esters is 1. The van der Waals surface area contributed by atoms with Gasteiger partial charge < -0.3 is 19.2 Å². The van der Waals surface area contributed by atoms with Gasteiger partial charge in [0.15, 0.2) is 8.32 Å². The van der Waals surface area contributed by atoms with Gasteiger partial charge >= 0.3 is 5.97 Å². The van der Waals surface area contributed by atoms with Crippen LogP contribution in [0.3, 0.4) is 0 Å². The summed E-state index contributed by atoms with van der Waals surface area (Å²) in [4.78, 5) is 31.0. The first-order valence-electron chi connectivity index (χ1n) is 12.6. The Balaban J connectivity index is 1.84. The van der Waals surface area contributed by atoms with Crippen LogP contribution in [0.2, 0.25) is 18.1 Å². The second-order valence-corrected chi connectivity index (χ2v) is 16.0. The van der Waals surface area contributed by atoms with Gasteiger partial charge in [0.2, 0.25) is 0 Å². The fraction of sp³-hybridized carbons (Fsp3) is 0.536. The van der Waals surface area contributed by atoms with E-state index in [1.54, 1.807) is 19.4 Å². The second kappa shape index (κ2) is 11.1. The number of carbonyl (C=O) groups excluding carboxylic acids is 2. The molecule has 0 radical (unpaired) electrons. The molecule has 2 aromatic rings. The molecule has 0 bridgehead atoms. The van der Waals surface area contributed by atoms with Gasteiger partial charge in [-0.2, -0.15) is 0 Å². The van der Waals surface area contributed by atoms with Crippen LogP contribution < -0.4 is 10.1 Å². The number of amides is 1. The zero-order valence-corrected chi connectivity index (χ0v) is 23.6. The summed E-state index contributed by atoms with van der Waals surface area (Å²) >= 11 is 0. The maximum Gasteiger partial charge on any atom is 0.331 e. The first-order chi connectivity index (χ1) is 16.9. The third-order valence-electron chi connectivity index (χ3n) is 7.77. The number of benzene rings is 1. The Morgan fingerprint density at radius 3 is 2.44 bits per heavy atom. The van der Waals surface area contributed by atoms with Crippen molar-refractivity contribution in [1.82, 2.24) is 10.3 Å². The molecule has 1 aliphatic carbocycles. The minimum Gasteiger partial charge on any atom is -0.497 e. The first kappa shape index (κ1) is 27.9. The number of pyridine rings is 1. The van der Waals surface area contributed by atoms with Crippen LogP contribution in [0, 0.1) is 0 Å². The highest BCUT2D eigenvalue weighted by atomic mass is 28.4. The molecule has 0 aliphatic heterocycles. The lowest BCUT2D eigenvalue weighted by atomic mass is 9.73. The predicted molar refractivity (Wildman–Crippen MR) is 143 cm³/mol. The third-order valence-corrected chi connectivity index (χ3v) is 12.2. The zero-order chi connectivity index (χ0) is 26.6. The molecular formula is C28H40N2O5Si. The normalized spacial score (nSPS) is 20.5. The van der Waals surface area contributed by atoms with E-state index in [1.807, 2.05) is 30.3 Å². The molecular weight excluding hydrogens is 472 g/mol. The molecule has 36 heavy (non-hydrogen) atoms. The molecule has 1 aromatic carbocycles. The first-order valence-corrected chi connectivity index (χ1v) is 15.5. The van der Waals surface area contributed by atoms with Crippen LogP contribution in [-0.2, 0) is 20.6 Å². The van der Waals surface area contributed by atoms with Gasteiger partial charge in [-0.1, -0.05) is 39.0 Å². The lowest BCUT2D eigenvalue weighted by molar-refractivity contribution is -0.150. The number of hydrogen-bond donors (Lipinski definition) is 1. The van der Waals surface area contributed by atoms with Gasteiger partial charge in [-0.25, -0.2) is 4.79 Å². The van der Waals surface area contributed by atoms with Crippen molar-refractivity contribution < 1.29 is 23.5 Å². The van der Waals surface area contributed by atoms with E-state index >= 15 is 0 Å². The number of nitrogens with zero attached hydrogens (tertiary/aromatic N) is 1. The number of methoxy groups -OCH3 is 2. The van der Waals surface area contributed by atoms with Gasteiger partial charge in [-0.05, 0) is 73.5 Å².